The quantitative estimate of drug-likeness (QED) is 0.627. The van der Waals surface area contributed by atoms with Crippen molar-refractivity contribution in [2.75, 3.05) is 33.3 Å². The Bertz CT molecular complexity index is 1120. The average Bonchev–Trinajstić information content (AvgIpc) is 2.84. The zero-order valence-corrected chi connectivity index (χ0v) is 22.6. The lowest BCUT2D eigenvalue weighted by atomic mass is 9.85. The van der Waals surface area contributed by atoms with E-state index in [2.05, 4.69) is 31.4 Å². The molecule has 2 heterocycles. The van der Waals surface area contributed by atoms with Crippen LogP contribution in [0.15, 0.2) is 58.4 Å². The van der Waals surface area contributed by atoms with E-state index in [4.69, 9.17) is 9.73 Å². The summed E-state index contributed by atoms with van der Waals surface area (Å²) in [5, 5.41) is 7.16. The average molecular weight is 521 g/mol. The van der Waals surface area contributed by atoms with Crippen LogP contribution in [0.25, 0.3) is 0 Å². The van der Waals surface area contributed by atoms with Crippen molar-refractivity contribution < 1.29 is 13.2 Å². The van der Waals surface area contributed by atoms with Gasteiger partial charge in [-0.1, -0.05) is 45.0 Å². The number of sulfonamides is 1. The summed E-state index contributed by atoms with van der Waals surface area (Å²) in [5.74, 6) is 1.76. The zero-order valence-electron chi connectivity index (χ0n) is 21.0. The molecule has 2 aliphatic rings. The molecule has 1 saturated heterocycles. The fraction of sp³-hybridized carbons (Fsp3) is 0.500. The third-order valence-electron chi connectivity index (χ3n) is 6.85. The maximum atomic E-state index is 13.3. The number of aliphatic imine (C=N–C) groups is 1. The van der Waals surface area contributed by atoms with Crippen molar-refractivity contribution in [2.45, 2.75) is 56.0 Å². The van der Waals surface area contributed by atoms with Gasteiger partial charge in [0, 0.05) is 26.2 Å². The van der Waals surface area contributed by atoms with Crippen molar-refractivity contribution in [2.24, 2.45) is 4.99 Å². The van der Waals surface area contributed by atoms with E-state index < -0.39 is 10.0 Å². The number of hydrogen-bond acceptors (Lipinski definition) is 6. The van der Waals surface area contributed by atoms with Crippen molar-refractivity contribution in [1.29, 1.82) is 0 Å². The summed E-state index contributed by atoms with van der Waals surface area (Å²) in [7, 11) is -1.87. The minimum atomic E-state index is -3.53. The molecule has 1 spiro atoms. The highest BCUT2D eigenvalue weighted by molar-refractivity contribution is 7.89. The van der Waals surface area contributed by atoms with Gasteiger partial charge >= 0.3 is 0 Å². The van der Waals surface area contributed by atoms with E-state index in [-0.39, 0.29) is 23.4 Å². The Labute approximate surface area is 215 Å². The maximum Gasteiger partial charge on any atom is 0.243 e. The second kappa shape index (κ2) is 10.9. The largest absolute Gasteiger partial charge is 0.497 e. The van der Waals surface area contributed by atoms with Crippen molar-refractivity contribution in [3.8, 4) is 5.75 Å². The molecule has 2 aromatic carbocycles. The van der Waals surface area contributed by atoms with Gasteiger partial charge in [-0.2, -0.15) is 4.31 Å². The van der Waals surface area contributed by atoms with Gasteiger partial charge in [0.05, 0.1) is 24.1 Å². The zero-order chi connectivity index (χ0) is 24.4. The second-order valence-corrected chi connectivity index (χ2v) is 12.1. The summed E-state index contributed by atoms with van der Waals surface area (Å²) >= 11 is 0. The van der Waals surface area contributed by atoms with E-state index in [0.717, 1.165) is 35.8 Å². The Morgan fingerprint density at radius 2 is 1.69 bits per heavy atom. The molecular formula is C26H37ClN4O3S. The van der Waals surface area contributed by atoms with Gasteiger partial charge in [-0.3, -0.25) is 4.99 Å². The highest BCUT2D eigenvalue weighted by Gasteiger charge is 2.43. The topological polar surface area (TPSA) is 83.0 Å². The van der Waals surface area contributed by atoms with Gasteiger partial charge in [-0.25, -0.2) is 8.42 Å². The molecule has 0 bridgehead atoms. The fourth-order valence-electron chi connectivity index (χ4n) is 4.65. The third-order valence-corrected chi connectivity index (χ3v) is 8.76. The Morgan fingerprint density at radius 3 is 2.26 bits per heavy atom. The molecule has 2 N–H and O–H groups in total. The number of piperidine rings is 1. The smallest absolute Gasteiger partial charge is 0.243 e. The molecule has 2 aromatic rings. The van der Waals surface area contributed by atoms with Gasteiger partial charge in [0.15, 0.2) is 0 Å². The van der Waals surface area contributed by atoms with E-state index in [1.54, 1.807) is 23.5 Å². The van der Waals surface area contributed by atoms with Crippen molar-refractivity contribution in [1.82, 2.24) is 14.9 Å². The molecule has 0 atom stereocenters. The minimum Gasteiger partial charge on any atom is -0.497 e. The summed E-state index contributed by atoms with van der Waals surface area (Å²) in [6.07, 6.45) is 1.36. The number of methoxy groups -OCH3 is 1. The number of ether oxygens (including phenoxy) is 1. The van der Waals surface area contributed by atoms with Gasteiger partial charge in [0.1, 0.15) is 11.6 Å². The van der Waals surface area contributed by atoms with Crippen molar-refractivity contribution >= 4 is 28.3 Å². The standard InChI is InChI=1S/C26H36N4O3S.ClH/c1-25(2,3)21-7-11-23(12-8-21)34(31,32)30-17-13-26(14-18-30)24(27-15-16-29-26)28-19-20-5-9-22(33-4)10-6-20;/h5-12,29H,13-19H2,1-4H3,(H,27,28);1H. The van der Waals surface area contributed by atoms with E-state index in [9.17, 15) is 8.42 Å². The lowest BCUT2D eigenvalue weighted by Gasteiger charge is -2.44. The molecule has 35 heavy (non-hydrogen) atoms. The van der Waals surface area contributed by atoms with Crippen LogP contribution < -0.4 is 15.4 Å². The highest BCUT2D eigenvalue weighted by Crippen LogP contribution is 2.30. The summed E-state index contributed by atoms with van der Waals surface area (Å²) in [5.41, 5.74) is 1.94. The van der Waals surface area contributed by atoms with Crippen LogP contribution in [0, 0.1) is 0 Å². The molecule has 192 valence electrons. The monoisotopic (exact) mass is 520 g/mol. The van der Waals surface area contributed by atoms with Gasteiger partial charge in [-0.05, 0) is 53.6 Å². The van der Waals surface area contributed by atoms with Gasteiger partial charge in [-0.15, -0.1) is 12.4 Å². The van der Waals surface area contributed by atoms with Crippen LogP contribution in [0.4, 0.5) is 0 Å². The molecule has 0 saturated carbocycles. The first kappa shape index (κ1) is 27.5. The Hall–Kier alpha value is -2.13. The van der Waals surface area contributed by atoms with Gasteiger partial charge in [0.2, 0.25) is 10.0 Å². The molecule has 1 fully saturated rings. The van der Waals surface area contributed by atoms with Gasteiger partial charge < -0.3 is 15.4 Å². The number of hydrogen-bond donors (Lipinski definition) is 2. The Kier molecular flexibility index (Phi) is 8.52. The molecule has 0 unspecified atom stereocenters. The first-order valence-corrected chi connectivity index (χ1v) is 13.4. The minimum absolute atomic E-state index is 0. The normalized spacial score (nSPS) is 18.5. The summed E-state index contributed by atoms with van der Waals surface area (Å²) in [6.45, 7) is 9.47. The molecule has 0 amide bonds. The fourth-order valence-corrected chi connectivity index (χ4v) is 6.09. The van der Waals surface area contributed by atoms with E-state index in [1.165, 1.54) is 0 Å². The number of benzene rings is 2. The van der Waals surface area contributed by atoms with Crippen molar-refractivity contribution in [3.63, 3.8) is 0 Å². The lowest BCUT2D eigenvalue weighted by molar-refractivity contribution is 0.241. The second-order valence-electron chi connectivity index (χ2n) is 10.1. The molecule has 0 radical (unpaired) electrons. The number of nitrogens with zero attached hydrogens (tertiary/aromatic N) is 2. The van der Waals surface area contributed by atoms with Crippen LogP contribution in [0.1, 0.15) is 44.7 Å². The Morgan fingerprint density at radius 1 is 1.06 bits per heavy atom. The van der Waals surface area contributed by atoms with E-state index >= 15 is 0 Å². The summed E-state index contributed by atoms with van der Waals surface area (Å²) < 4.78 is 33.5. The molecule has 4 rings (SSSR count). The van der Waals surface area contributed by atoms with Gasteiger partial charge in [0.25, 0.3) is 0 Å². The number of halogens is 1. The maximum absolute atomic E-state index is 13.3. The van der Waals surface area contributed by atoms with Crippen LogP contribution >= 0.6 is 12.4 Å². The van der Waals surface area contributed by atoms with Crippen LogP contribution in [0.2, 0.25) is 0 Å². The Balaban J connectivity index is 0.00000342. The lowest BCUT2D eigenvalue weighted by Crippen LogP contribution is -2.64. The predicted octanol–water partition coefficient (Wildman–Crippen LogP) is 3.73. The van der Waals surface area contributed by atoms with Crippen LogP contribution in [0.3, 0.4) is 0 Å². The summed E-state index contributed by atoms with van der Waals surface area (Å²) in [6, 6.07) is 15.3. The molecule has 0 aliphatic carbocycles. The predicted molar refractivity (Wildman–Crippen MR) is 143 cm³/mol. The molecule has 9 heteroatoms. The van der Waals surface area contributed by atoms with Crippen LogP contribution in [-0.2, 0) is 22.0 Å². The number of rotatable bonds is 5. The summed E-state index contributed by atoms with van der Waals surface area (Å²) in [4.78, 5) is 5.14. The molecule has 2 aliphatic heterocycles. The molecule has 7 nitrogen and oxygen atoms in total. The number of amidine groups is 1. The number of nitrogens with one attached hydrogen (secondary N) is 2. The van der Waals surface area contributed by atoms with Crippen molar-refractivity contribution in [3.05, 3.63) is 59.7 Å². The molecule has 0 aromatic heterocycles. The van der Waals surface area contributed by atoms with E-state index in [0.29, 0.717) is 37.4 Å². The first-order valence-electron chi connectivity index (χ1n) is 11.9. The molecular weight excluding hydrogens is 484 g/mol. The third kappa shape index (κ3) is 6.00. The van der Waals surface area contributed by atoms with E-state index in [1.807, 2.05) is 36.4 Å². The highest BCUT2D eigenvalue weighted by atomic mass is 35.5. The van der Waals surface area contributed by atoms with Crippen LogP contribution in [-0.4, -0.2) is 57.4 Å². The first-order chi connectivity index (χ1) is 16.1. The van der Waals surface area contributed by atoms with Crippen LogP contribution in [0.5, 0.6) is 5.75 Å². The SMILES string of the molecule is COc1ccc(CNC2=NCCNC23CCN(S(=O)(=O)c2ccc(C(C)(C)C)cc2)CC3)cc1.Cl.